The van der Waals surface area contributed by atoms with Crippen LogP contribution in [0.2, 0.25) is 0 Å². The van der Waals surface area contributed by atoms with Crippen LogP contribution in [0, 0.1) is 22.9 Å². The van der Waals surface area contributed by atoms with E-state index in [2.05, 4.69) is 55.5 Å². The lowest BCUT2D eigenvalue weighted by Gasteiger charge is -2.43. The van der Waals surface area contributed by atoms with Gasteiger partial charge >= 0.3 is 0 Å². The van der Waals surface area contributed by atoms with E-state index >= 15 is 0 Å². The highest BCUT2D eigenvalue weighted by atomic mass is 35.5. The lowest BCUT2D eigenvalue weighted by atomic mass is 9.83. The molecule has 4 aliphatic rings. The van der Waals surface area contributed by atoms with Gasteiger partial charge in [0.15, 0.2) is 0 Å². The van der Waals surface area contributed by atoms with Crippen molar-refractivity contribution in [1.82, 2.24) is 36.0 Å². The van der Waals surface area contributed by atoms with Gasteiger partial charge in [-0.1, -0.05) is 57.2 Å². The van der Waals surface area contributed by atoms with E-state index in [1.807, 2.05) is 18.2 Å². The van der Waals surface area contributed by atoms with Crippen LogP contribution in [0.15, 0.2) is 78.9 Å². The predicted molar refractivity (Wildman–Crippen MR) is 308 cm³/mol. The molecule has 4 heterocycles. The summed E-state index contributed by atoms with van der Waals surface area (Å²) in [5.41, 5.74) is 0.985. The Morgan fingerprint density at radius 2 is 1.56 bits per heavy atom. The Morgan fingerprint density at radius 3 is 2.23 bits per heavy atom. The molecule has 2 fully saturated rings. The first-order chi connectivity index (χ1) is 36.5. The second kappa shape index (κ2) is 27.3. The molecule has 6 N–H and O–H groups in total. The van der Waals surface area contributed by atoms with Crippen LogP contribution in [0.4, 0.5) is 30.2 Å². The topological polar surface area (TPSA) is 197 Å². The van der Waals surface area contributed by atoms with E-state index in [9.17, 15) is 41.9 Å². The molecular weight excluding hydrogens is 1100 g/mol. The third-order valence-corrected chi connectivity index (χ3v) is 15.3. The lowest BCUT2D eigenvalue weighted by Crippen LogP contribution is -2.62. The summed E-state index contributed by atoms with van der Waals surface area (Å²) in [6.07, 6.45) is 0.451. The fraction of sp³-hybridized carbons (Fsp3) is 0.474. The van der Waals surface area contributed by atoms with Gasteiger partial charge in [-0.25, -0.2) is 13.2 Å². The number of ether oxygens (including phenoxy) is 1. The number of amides is 6. The number of para-hydroxylation sites is 1. The molecule has 4 aromatic rings. The fourth-order valence-electron chi connectivity index (χ4n) is 10.7. The maximum atomic E-state index is 15.0. The molecule has 4 aliphatic heterocycles. The van der Waals surface area contributed by atoms with Gasteiger partial charge < -0.3 is 46.4 Å². The van der Waals surface area contributed by atoms with Crippen LogP contribution in [0.3, 0.4) is 0 Å². The fourth-order valence-corrected chi connectivity index (χ4v) is 10.7. The standard InChI is InChI=1S/C57H71F3N10O7.3ClH/c1-33-27-68(41(25-62-33)29-67-20-21-77-31-34(67)2)30-48(72)70-32-57(7,43-19-14-37(23-46(43)70)22-36-12-16-39(58)17-13-36)55(76)63-26-47(71)64-40-18-15-38-28-69(54(75)51(56(4,5)6)66-52(73)35(3)61-8)50(42(38)24-40)53(74)65-49-44(59)10-9-11-45(49)60;;;/h9-19,23-24,33-35,41,50-51,61-62H,20-22,25-32H2,1-8H3,(H,63,76)(H,64,71)(H,65,74)(H,66,73);3*1H/t33-,34?,35?,41-,50?,51?,57?;;;/m1.../s1. The molecule has 436 valence electrons. The first-order valence-electron chi connectivity index (χ1n) is 26.3. The highest BCUT2D eigenvalue weighted by molar-refractivity contribution is 6.05. The molecule has 23 heteroatoms. The number of likely N-dealkylation sites (N-methyl/N-ethyl adjacent to an activating group) is 1. The van der Waals surface area contributed by atoms with Gasteiger partial charge in [0.1, 0.15) is 35.2 Å². The minimum absolute atomic E-state index is 0. The number of halogens is 6. The molecule has 0 aliphatic carbocycles. The zero-order valence-corrected chi connectivity index (χ0v) is 48.7. The Labute approximate surface area is 484 Å². The van der Waals surface area contributed by atoms with Gasteiger partial charge in [0.25, 0.3) is 5.91 Å². The molecule has 2 saturated heterocycles. The van der Waals surface area contributed by atoms with Crippen LogP contribution in [-0.2, 0) is 51.9 Å². The number of piperazine rings is 1. The number of carbonyl (C=O) groups excluding carboxylic acids is 6. The zero-order chi connectivity index (χ0) is 55.5. The molecule has 5 unspecified atom stereocenters. The molecule has 4 aromatic carbocycles. The highest BCUT2D eigenvalue weighted by Gasteiger charge is 2.48. The highest BCUT2D eigenvalue weighted by Crippen LogP contribution is 2.43. The van der Waals surface area contributed by atoms with Crippen LogP contribution in [0.1, 0.15) is 82.3 Å². The Bertz CT molecular complexity index is 2880. The summed E-state index contributed by atoms with van der Waals surface area (Å²) in [6, 6.07) is 16.8. The maximum Gasteiger partial charge on any atom is 0.252 e. The van der Waals surface area contributed by atoms with Crippen molar-refractivity contribution in [2.45, 2.75) is 103 Å². The normalized spacial score (nSPS) is 21.5. The van der Waals surface area contributed by atoms with Crippen molar-refractivity contribution in [2.24, 2.45) is 5.41 Å². The molecule has 0 saturated carbocycles. The monoisotopic (exact) mass is 1170 g/mol. The number of rotatable bonds is 16. The second-order valence-electron chi connectivity index (χ2n) is 22.2. The summed E-state index contributed by atoms with van der Waals surface area (Å²) in [5, 5.41) is 17.1. The average Bonchev–Trinajstić information content (AvgIpc) is 3.93. The Balaban J connectivity index is 0.00000392. The van der Waals surface area contributed by atoms with E-state index in [0.29, 0.717) is 49.5 Å². The number of nitrogens with one attached hydrogen (secondary N) is 6. The number of fused-ring (bicyclic) bond motifs is 2. The molecule has 0 aromatic heterocycles. The van der Waals surface area contributed by atoms with E-state index in [0.717, 1.165) is 42.4 Å². The summed E-state index contributed by atoms with van der Waals surface area (Å²) in [4.78, 5) is 92.6. The van der Waals surface area contributed by atoms with Crippen molar-refractivity contribution in [2.75, 3.05) is 81.6 Å². The second-order valence-corrected chi connectivity index (χ2v) is 22.2. The van der Waals surface area contributed by atoms with Gasteiger partial charge in [-0.05, 0) is 117 Å². The number of hydrogen-bond acceptors (Lipinski definition) is 11. The third-order valence-electron chi connectivity index (χ3n) is 15.3. The smallest absolute Gasteiger partial charge is 0.252 e. The first kappa shape index (κ1) is 65.0. The van der Waals surface area contributed by atoms with Crippen molar-refractivity contribution in [3.05, 3.63) is 124 Å². The number of morpholine rings is 1. The molecule has 8 rings (SSSR count). The molecule has 0 radical (unpaired) electrons. The quantitative estimate of drug-likeness (QED) is 0.0787. The van der Waals surface area contributed by atoms with Crippen molar-refractivity contribution in [3.8, 4) is 0 Å². The summed E-state index contributed by atoms with van der Waals surface area (Å²) < 4.78 is 49.5. The van der Waals surface area contributed by atoms with E-state index in [1.54, 1.807) is 70.8 Å². The molecule has 0 bridgehead atoms. The number of nitrogens with zero attached hydrogens (tertiary/aromatic N) is 4. The van der Waals surface area contributed by atoms with E-state index < -0.39 is 82.4 Å². The van der Waals surface area contributed by atoms with Gasteiger partial charge in [-0.3, -0.25) is 38.6 Å². The number of carbonyl (C=O) groups is 6. The molecule has 7 atom stereocenters. The average molecular weight is 1170 g/mol. The summed E-state index contributed by atoms with van der Waals surface area (Å²) in [7, 11) is 1.60. The van der Waals surface area contributed by atoms with Crippen LogP contribution in [0.5, 0.6) is 0 Å². The van der Waals surface area contributed by atoms with Crippen LogP contribution in [-0.4, -0.2) is 146 Å². The van der Waals surface area contributed by atoms with Crippen molar-refractivity contribution < 1.29 is 46.7 Å². The molecule has 0 spiro atoms. The predicted octanol–water partition coefficient (Wildman–Crippen LogP) is 5.86. The van der Waals surface area contributed by atoms with Crippen molar-refractivity contribution in [1.29, 1.82) is 0 Å². The van der Waals surface area contributed by atoms with Crippen molar-refractivity contribution in [3.63, 3.8) is 0 Å². The molecule has 6 amide bonds. The Kier molecular flexibility index (Phi) is 22.2. The SMILES string of the molecule is CNC(C)C(=O)NC(C(=O)N1Cc2ccc(NC(=O)CNC(=O)C3(C)CN(C(=O)CN4C[C@@H](C)NC[C@@H]4CN4CCOCC4C)c4cc(Cc5ccc(F)cc5)ccc43)cc2C1C(=O)Nc1c(F)cccc1F)C(C)(C)C.Cl.Cl.Cl. The van der Waals surface area contributed by atoms with E-state index in [-0.39, 0.29) is 98.0 Å². The minimum Gasteiger partial charge on any atom is -0.379 e. The van der Waals surface area contributed by atoms with Gasteiger partial charge in [0, 0.05) is 68.8 Å². The maximum absolute atomic E-state index is 15.0. The Hall–Kier alpha value is -5.84. The summed E-state index contributed by atoms with van der Waals surface area (Å²) in [6.45, 7) is 16.5. The molecular formula is C57H74Cl3F3N10O7. The number of hydrogen-bond donors (Lipinski definition) is 6. The van der Waals surface area contributed by atoms with Gasteiger partial charge in [0.05, 0.1) is 37.8 Å². The third kappa shape index (κ3) is 14.6. The number of anilines is 3. The largest absolute Gasteiger partial charge is 0.379 e. The zero-order valence-electron chi connectivity index (χ0n) is 46.3. The summed E-state index contributed by atoms with van der Waals surface area (Å²) >= 11 is 0. The molecule has 80 heavy (non-hydrogen) atoms. The minimum atomic E-state index is -1.46. The van der Waals surface area contributed by atoms with Crippen molar-refractivity contribution >= 4 is 89.7 Å². The van der Waals surface area contributed by atoms with Gasteiger partial charge in [0.2, 0.25) is 29.5 Å². The lowest BCUT2D eigenvalue weighted by molar-refractivity contribution is -0.144. The molecule has 17 nitrogen and oxygen atoms in total. The van der Waals surface area contributed by atoms with Crippen LogP contribution < -0.4 is 36.8 Å². The Morgan fingerprint density at radius 1 is 0.875 bits per heavy atom. The van der Waals surface area contributed by atoms with Gasteiger partial charge in [-0.2, -0.15) is 0 Å². The summed E-state index contributed by atoms with van der Waals surface area (Å²) in [5.74, 6) is -5.77. The van der Waals surface area contributed by atoms with Crippen LogP contribution >= 0.6 is 37.2 Å². The number of benzene rings is 4. The van der Waals surface area contributed by atoms with Crippen LogP contribution in [0.25, 0.3) is 0 Å². The van der Waals surface area contributed by atoms with E-state index in [4.69, 9.17) is 4.74 Å². The van der Waals surface area contributed by atoms with E-state index in [1.165, 1.54) is 23.1 Å². The first-order valence-corrected chi connectivity index (χ1v) is 26.3. The van der Waals surface area contributed by atoms with Gasteiger partial charge in [-0.15, -0.1) is 37.2 Å².